The van der Waals surface area contributed by atoms with Crippen LogP contribution in [0.1, 0.15) is 32.1 Å². The summed E-state index contributed by atoms with van der Waals surface area (Å²) in [5, 5.41) is 9.16. The van der Waals surface area contributed by atoms with Gasteiger partial charge in [0.15, 0.2) is 0 Å². The first kappa shape index (κ1) is 14.5. The van der Waals surface area contributed by atoms with Gasteiger partial charge in [0.1, 0.15) is 6.04 Å². The molecule has 1 unspecified atom stereocenters. The van der Waals surface area contributed by atoms with Crippen LogP contribution in [0.4, 0.5) is 0 Å². The van der Waals surface area contributed by atoms with Gasteiger partial charge in [-0.3, -0.25) is 4.79 Å². The molecule has 1 saturated heterocycles. The Bertz CT molecular complexity index is 328. The molecule has 0 aromatic heterocycles. The van der Waals surface area contributed by atoms with Crippen LogP contribution in [0.15, 0.2) is 25.3 Å². The van der Waals surface area contributed by atoms with Crippen LogP contribution in [-0.4, -0.2) is 34.5 Å². The van der Waals surface area contributed by atoms with Gasteiger partial charge in [0.05, 0.1) is 0 Å². The van der Waals surface area contributed by atoms with Crippen LogP contribution in [-0.2, 0) is 9.59 Å². The molecule has 0 aromatic rings. The van der Waals surface area contributed by atoms with Crippen molar-refractivity contribution in [3.8, 4) is 0 Å². The number of carbonyl (C=O) groups is 2. The molecule has 1 heterocycles. The van der Waals surface area contributed by atoms with E-state index < -0.39 is 12.0 Å². The average Bonchev–Trinajstić information content (AvgIpc) is 2.37. The van der Waals surface area contributed by atoms with Gasteiger partial charge in [0.25, 0.3) is 0 Å². The maximum atomic E-state index is 12.4. The van der Waals surface area contributed by atoms with Gasteiger partial charge in [-0.15, -0.1) is 13.2 Å². The summed E-state index contributed by atoms with van der Waals surface area (Å²) in [5.41, 5.74) is 0. The molecule has 0 radical (unpaired) electrons. The lowest BCUT2D eigenvalue weighted by molar-refractivity contribution is -0.153. The summed E-state index contributed by atoms with van der Waals surface area (Å²) in [5.74, 6) is -1.21. The van der Waals surface area contributed by atoms with E-state index in [4.69, 9.17) is 5.11 Å². The van der Waals surface area contributed by atoms with Gasteiger partial charge in [-0.25, -0.2) is 4.79 Å². The zero-order chi connectivity index (χ0) is 13.5. The van der Waals surface area contributed by atoms with Crippen molar-refractivity contribution < 1.29 is 14.7 Å². The van der Waals surface area contributed by atoms with Crippen LogP contribution in [0.5, 0.6) is 0 Å². The van der Waals surface area contributed by atoms with Gasteiger partial charge in [-0.05, 0) is 32.1 Å². The zero-order valence-corrected chi connectivity index (χ0v) is 10.7. The van der Waals surface area contributed by atoms with E-state index in [2.05, 4.69) is 13.2 Å². The summed E-state index contributed by atoms with van der Waals surface area (Å²) in [4.78, 5) is 25.1. The fourth-order valence-electron chi connectivity index (χ4n) is 2.39. The minimum absolute atomic E-state index is 0.0816. The van der Waals surface area contributed by atoms with Crippen LogP contribution in [0.2, 0.25) is 0 Å². The highest BCUT2D eigenvalue weighted by atomic mass is 16.4. The monoisotopic (exact) mass is 251 g/mol. The van der Waals surface area contributed by atoms with Crippen molar-refractivity contribution in [3.05, 3.63) is 25.3 Å². The number of piperidine rings is 1. The van der Waals surface area contributed by atoms with Crippen molar-refractivity contribution in [2.24, 2.45) is 5.92 Å². The Morgan fingerprint density at radius 3 is 2.39 bits per heavy atom. The summed E-state index contributed by atoms with van der Waals surface area (Å²) < 4.78 is 0. The van der Waals surface area contributed by atoms with Crippen LogP contribution in [0.25, 0.3) is 0 Å². The van der Waals surface area contributed by atoms with Gasteiger partial charge in [-0.2, -0.15) is 0 Å². The first-order valence-electron chi connectivity index (χ1n) is 6.36. The lowest BCUT2D eigenvalue weighted by Gasteiger charge is -2.35. The van der Waals surface area contributed by atoms with E-state index in [0.29, 0.717) is 25.8 Å². The molecule has 4 heteroatoms. The molecule has 1 fully saturated rings. The molecule has 18 heavy (non-hydrogen) atoms. The van der Waals surface area contributed by atoms with Crippen molar-refractivity contribution in [3.63, 3.8) is 0 Å². The SMILES string of the molecule is C=CCC(CC=C)C(=O)N1CCCCC1C(=O)O. The second-order valence-electron chi connectivity index (χ2n) is 4.63. The molecule has 0 spiro atoms. The Morgan fingerprint density at radius 1 is 1.28 bits per heavy atom. The normalized spacial score (nSPS) is 19.6. The number of carboxylic acids is 1. The number of hydrogen-bond donors (Lipinski definition) is 1. The molecule has 1 aliphatic heterocycles. The first-order chi connectivity index (χ1) is 8.61. The lowest BCUT2D eigenvalue weighted by Crippen LogP contribution is -2.50. The Balaban J connectivity index is 2.79. The largest absolute Gasteiger partial charge is 0.480 e. The molecule has 0 saturated carbocycles. The highest BCUT2D eigenvalue weighted by Crippen LogP contribution is 2.22. The molecule has 0 aromatic carbocycles. The highest BCUT2D eigenvalue weighted by Gasteiger charge is 2.34. The van der Waals surface area contributed by atoms with Gasteiger partial charge >= 0.3 is 5.97 Å². The van der Waals surface area contributed by atoms with E-state index in [1.54, 1.807) is 12.2 Å². The predicted octanol–water partition coefficient (Wildman–Crippen LogP) is 2.22. The Morgan fingerprint density at radius 2 is 1.89 bits per heavy atom. The lowest BCUT2D eigenvalue weighted by atomic mass is 9.95. The van der Waals surface area contributed by atoms with Crippen molar-refractivity contribution in [2.45, 2.75) is 38.1 Å². The average molecular weight is 251 g/mol. The summed E-state index contributed by atoms with van der Waals surface area (Å²) in [7, 11) is 0. The number of allylic oxidation sites excluding steroid dienone is 2. The van der Waals surface area contributed by atoms with Crippen LogP contribution in [0, 0.1) is 5.92 Å². The maximum Gasteiger partial charge on any atom is 0.326 e. The van der Waals surface area contributed by atoms with Crippen molar-refractivity contribution in [2.75, 3.05) is 6.54 Å². The number of carbonyl (C=O) groups excluding carboxylic acids is 1. The fraction of sp³-hybridized carbons (Fsp3) is 0.571. The molecule has 4 nitrogen and oxygen atoms in total. The molecular formula is C14H21NO3. The summed E-state index contributed by atoms with van der Waals surface area (Å²) in [6, 6.07) is -0.664. The third-order valence-electron chi connectivity index (χ3n) is 3.32. The minimum Gasteiger partial charge on any atom is -0.480 e. The van der Waals surface area contributed by atoms with Crippen molar-refractivity contribution >= 4 is 11.9 Å². The second kappa shape index (κ2) is 6.99. The number of likely N-dealkylation sites (tertiary alicyclic amines) is 1. The number of hydrogen-bond acceptors (Lipinski definition) is 2. The third-order valence-corrected chi connectivity index (χ3v) is 3.32. The molecule has 1 aliphatic rings. The number of aliphatic carboxylic acids is 1. The molecule has 1 rings (SSSR count). The zero-order valence-electron chi connectivity index (χ0n) is 10.7. The number of amides is 1. The number of rotatable bonds is 6. The van der Waals surface area contributed by atoms with E-state index in [-0.39, 0.29) is 11.8 Å². The smallest absolute Gasteiger partial charge is 0.326 e. The van der Waals surface area contributed by atoms with Crippen LogP contribution in [0.3, 0.4) is 0 Å². The predicted molar refractivity (Wildman–Crippen MR) is 70.1 cm³/mol. The standard InChI is InChI=1S/C14H21NO3/c1-3-7-11(8-4-2)13(16)15-10-6-5-9-12(15)14(17)18/h3-4,11-12H,1-2,5-10H2,(H,17,18). The molecule has 1 amide bonds. The highest BCUT2D eigenvalue weighted by molar-refractivity contribution is 5.85. The summed E-state index contributed by atoms with van der Waals surface area (Å²) in [6.45, 7) is 7.83. The second-order valence-corrected chi connectivity index (χ2v) is 4.63. The molecule has 0 aliphatic carbocycles. The fourth-order valence-corrected chi connectivity index (χ4v) is 2.39. The van der Waals surface area contributed by atoms with Crippen molar-refractivity contribution in [1.29, 1.82) is 0 Å². The molecular weight excluding hydrogens is 230 g/mol. The summed E-state index contributed by atoms with van der Waals surface area (Å²) >= 11 is 0. The minimum atomic E-state index is -0.904. The topological polar surface area (TPSA) is 57.6 Å². The maximum absolute atomic E-state index is 12.4. The van der Waals surface area contributed by atoms with Gasteiger partial charge < -0.3 is 10.0 Å². The van der Waals surface area contributed by atoms with Crippen LogP contribution >= 0.6 is 0 Å². The van der Waals surface area contributed by atoms with E-state index in [1.165, 1.54) is 4.90 Å². The Hall–Kier alpha value is -1.58. The third kappa shape index (κ3) is 3.45. The van der Waals surface area contributed by atoms with Crippen LogP contribution < -0.4 is 0 Å². The molecule has 1 atom stereocenters. The van der Waals surface area contributed by atoms with Gasteiger partial charge in [-0.1, -0.05) is 12.2 Å². The van der Waals surface area contributed by atoms with E-state index in [9.17, 15) is 9.59 Å². The van der Waals surface area contributed by atoms with E-state index in [0.717, 1.165) is 12.8 Å². The van der Waals surface area contributed by atoms with E-state index >= 15 is 0 Å². The Labute approximate surface area is 108 Å². The quantitative estimate of drug-likeness (QED) is 0.736. The number of nitrogens with zero attached hydrogens (tertiary/aromatic N) is 1. The summed E-state index contributed by atoms with van der Waals surface area (Å²) in [6.07, 6.45) is 6.83. The number of carboxylic acid groups (broad SMARTS) is 1. The Kier molecular flexibility index (Phi) is 5.62. The van der Waals surface area contributed by atoms with Crippen molar-refractivity contribution in [1.82, 2.24) is 4.90 Å². The van der Waals surface area contributed by atoms with Gasteiger partial charge in [0, 0.05) is 12.5 Å². The molecule has 1 N–H and O–H groups in total. The van der Waals surface area contributed by atoms with Gasteiger partial charge in [0.2, 0.25) is 5.91 Å². The van der Waals surface area contributed by atoms with E-state index in [1.807, 2.05) is 0 Å². The molecule has 0 bridgehead atoms. The first-order valence-corrected chi connectivity index (χ1v) is 6.36. The molecule has 100 valence electrons.